The highest BCUT2D eigenvalue weighted by molar-refractivity contribution is 5.22. The summed E-state index contributed by atoms with van der Waals surface area (Å²) >= 11 is 0. The third-order valence-electron chi connectivity index (χ3n) is 21.4. The molecule has 0 amide bonds. The van der Waals surface area contributed by atoms with Gasteiger partial charge in [0.2, 0.25) is 0 Å². The van der Waals surface area contributed by atoms with E-state index in [0.717, 1.165) is 36.0 Å². The van der Waals surface area contributed by atoms with E-state index < -0.39 is 110 Å². The lowest BCUT2D eigenvalue weighted by atomic mass is 9.91. The Labute approximate surface area is 591 Å². The van der Waals surface area contributed by atoms with Crippen molar-refractivity contribution in [2.75, 3.05) is 105 Å². The molecule has 572 valence electrons. The Balaban J connectivity index is 1.17. The summed E-state index contributed by atoms with van der Waals surface area (Å²) in [6.07, 6.45) is 6.07. The second-order valence-electron chi connectivity index (χ2n) is 27.6. The number of hydrogen-bond donors (Lipinski definition) is 3. The summed E-state index contributed by atoms with van der Waals surface area (Å²) in [6, 6.07) is 0. The Morgan fingerprint density at radius 1 is 0.323 bits per heavy atom. The number of rotatable bonds is 45. The zero-order valence-electron chi connectivity index (χ0n) is 63.6. The first-order valence-corrected chi connectivity index (χ1v) is 35.8. The van der Waals surface area contributed by atoms with Crippen molar-refractivity contribution in [1.29, 1.82) is 0 Å². The average molecular weight is 1410 g/mol. The van der Waals surface area contributed by atoms with Crippen LogP contribution in [0.15, 0.2) is 71.4 Å². The molecular weight excluding hydrogens is 1280 g/mol. The van der Waals surface area contributed by atoms with Gasteiger partial charge >= 0.3 is 0 Å². The van der Waals surface area contributed by atoms with Crippen LogP contribution in [0, 0.1) is 35.5 Å². The number of allylic oxidation sites excluding steroid dienone is 6. The van der Waals surface area contributed by atoms with Gasteiger partial charge in [0.15, 0.2) is 18.9 Å². The van der Waals surface area contributed by atoms with Gasteiger partial charge in [0.1, 0.15) is 91.6 Å². The first kappa shape index (κ1) is 85.4. The second kappa shape index (κ2) is 42.0. The zero-order chi connectivity index (χ0) is 72.9. The smallest absolute Gasteiger partial charge is 0.187 e. The van der Waals surface area contributed by atoms with Crippen LogP contribution in [-0.2, 0) is 99.5 Å². The minimum Gasteiger partial charge on any atom is -0.390 e. The normalized spacial score (nSPS) is 36.9. The molecule has 24 nitrogen and oxygen atoms in total. The molecule has 6 aliphatic rings. The Morgan fingerprint density at radius 3 is 0.859 bits per heavy atom. The second-order valence-corrected chi connectivity index (χ2v) is 27.6. The first-order valence-electron chi connectivity index (χ1n) is 35.8. The number of epoxide rings is 3. The standard InChI is InChI=1S/C75H128O24/c1-24-49(79-13)46(10)58-61(94-58)52(76)40(4)30-27-33-43(7)55-64(82-16)65(83-17)71(87-21)74(98-55)92-38-37-91-69-57(45(9)35-29-32-42(6)54(78)63-60(96-63)48(12)51(26-3)81-15)99-75(72(88-22)67(69)85-19)93-39-36-90-68-56(97-73(89-23)70(86-20)66(68)84-18)44(8)34-28-31-41(5)53(77)62-59(95-62)47(11)50(25-2)80-14/h27-35,40-42,46-78H,24-26,36-39H2,1-23H3/b30-27+,31-28+,32-29+,43-33+,44-34+,45-35+/t40-,41-,42+,46+,47+,48+,49-,50-,51-,52+,53+,54+,55+,56+,57+,58+,59+,60+,61+,62+,63+,64+,65-,66-,67-,68+,69+,70+,71+,72+,73+,74-,75-/m0/s1. The quantitative estimate of drug-likeness (QED) is 0.0299. The summed E-state index contributed by atoms with van der Waals surface area (Å²) in [4.78, 5) is 0. The molecule has 0 aromatic heterocycles. The minimum absolute atomic E-state index is 0.0275. The molecule has 99 heavy (non-hydrogen) atoms. The highest BCUT2D eigenvalue weighted by Crippen LogP contribution is 2.42. The van der Waals surface area contributed by atoms with E-state index >= 15 is 0 Å². The maximum atomic E-state index is 11.5. The molecule has 6 aliphatic heterocycles. The van der Waals surface area contributed by atoms with Crippen LogP contribution < -0.4 is 0 Å². The van der Waals surface area contributed by atoms with Gasteiger partial charge in [-0.05, 0) is 56.8 Å². The summed E-state index contributed by atoms with van der Waals surface area (Å²) < 4.78 is 130. The molecule has 6 fully saturated rings. The molecule has 0 aromatic rings. The van der Waals surface area contributed by atoms with Crippen LogP contribution in [0.2, 0.25) is 0 Å². The molecule has 0 bridgehead atoms. The van der Waals surface area contributed by atoms with Crippen molar-refractivity contribution in [2.45, 2.75) is 268 Å². The van der Waals surface area contributed by atoms with E-state index in [4.69, 9.17) is 99.5 Å². The van der Waals surface area contributed by atoms with Crippen molar-refractivity contribution in [3.8, 4) is 0 Å². The largest absolute Gasteiger partial charge is 0.390 e. The Kier molecular flexibility index (Phi) is 36.2. The number of aliphatic hydroxyl groups is 3. The molecule has 0 aliphatic carbocycles. The van der Waals surface area contributed by atoms with Gasteiger partial charge in [-0.3, -0.25) is 0 Å². The number of hydrogen-bond acceptors (Lipinski definition) is 24. The topological polar surface area (TPSA) is 264 Å². The van der Waals surface area contributed by atoms with Crippen LogP contribution >= 0.6 is 0 Å². The summed E-state index contributed by atoms with van der Waals surface area (Å²) in [5.41, 5.74) is 2.43. The third kappa shape index (κ3) is 21.8. The lowest BCUT2D eigenvalue weighted by Crippen LogP contribution is -2.61. The van der Waals surface area contributed by atoms with Gasteiger partial charge in [-0.2, -0.15) is 0 Å². The van der Waals surface area contributed by atoms with E-state index in [2.05, 4.69) is 41.5 Å². The van der Waals surface area contributed by atoms with E-state index in [-0.39, 0.29) is 117 Å². The minimum atomic E-state index is -0.988. The highest BCUT2D eigenvalue weighted by Gasteiger charge is 2.55. The van der Waals surface area contributed by atoms with E-state index in [1.54, 1.807) is 78.2 Å². The fourth-order valence-corrected chi connectivity index (χ4v) is 14.9. The SMILES string of the molecule is CC[C@H](OC)[C@@H](C)[C@H]1O[C@@H]1[C@H](O)[C@H](C)/C=C/C=C(\C)[C@H]1O[C@H](OCCO[C@H]2[C@H](OC)[C@@H](OC)[C@H](OC)O[C@@H]2/C(C)=C/C=C/[C@H](C)[C@@H](O)[C@H]2O[C@@H]2[C@H](C)[C@H](CC)OC)[C@H](OC)[C@@H](OC)[C@@H]1OCCO[C@H]1O[C@H](/C(C)=C/C=C/[C@H](C)[C@@H](O)[C@H]2O[C@@H]2[C@H](C)[C@H](CC)OC)[C@@H](OC)[C@H](OC)[C@H]1OC. The van der Waals surface area contributed by atoms with Crippen LogP contribution in [0.3, 0.4) is 0 Å². The van der Waals surface area contributed by atoms with Gasteiger partial charge < -0.3 is 115 Å². The molecule has 6 saturated heterocycles. The molecule has 0 aromatic carbocycles. The van der Waals surface area contributed by atoms with E-state index in [1.165, 1.54) is 0 Å². The highest BCUT2D eigenvalue weighted by atomic mass is 16.7. The number of aliphatic hydroxyl groups excluding tert-OH is 3. The molecule has 0 unspecified atom stereocenters. The van der Waals surface area contributed by atoms with Crippen molar-refractivity contribution in [3.05, 3.63) is 71.4 Å². The van der Waals surface area contributed by atoms with Crippen molar-refractivity contribution in [3.63, 3.8) is 0 Å². The lowest BCUT2D eigenvalue weighted by molar-refractivity contribution is -0.318. The van der Waals surface area contributed by atoms with Gasteiger partial charge in [0.05, 0.1) is 81.4 Å². The van der Waals surface area contributed by atoms with E-state index in [9.17, 15) is 15.3 Å². The van der Waals surface area contributed by atoms with Crippen molar-refractivity contribution in [2.24, 2.45) is 35.5 Å². The summed E-state index contributed by atoms with van der Waals surface area (Å²) in [6.45, 7) is 24.5. The van der Waals surface area contributed by atoms with Crippen LogP contribution in [0.1, 0.15) is 102 Å². The molecule has 0 saturated carbocycles. The van der Waals surface area contributed by atoms with Crippen LogP contribution in [-0.4, -0.2) is 285 Å². The third-order valence-corrected chi connectivity index (χ3v) is 21.4. The zero-order valence-corrected chi connectivity index (χ0v) is 63.6. The molecule has 0 spiro atoms. The number of methoxy groups -OCH3 is 11. The van der Waals surface area contributed by atoms with E-state index in [1.807, 2.05) is 96.2 Å². The Bertz CT molecular complexity index is 2490. The van der Waals surface area contributed by atoms with Crippen LogP contribution in [0.5, 0.6) is 0 Å². The van der Waals surface area contributed by atoms with Crippen molar-refractivity contribution >= 4 is 0 Å². The van der Waals surface area contributed by atoms with E-state index in [0.29, 0.717) is 0 Å². The summed E-state index contributed by atoms with van der Waals surface area (Å²) in [5.74, 6) is -0.240. The van der Waals surface area contributed by atoms with Gasteiger partial charge in [-0.15, -0.1) is 0 Å². The molecule has 24 heteroatoms. The average Bonchev–Trinajstić information content (AvgIpc) is 1.65. The Morgan fingerprint density at radius 2 is 0.586 bits per heavy atom. The summed E-state index contributed by atoms with van der Waals surface area (Å²) in [7, 11) is 17.8. The van der Waals surface area contributed by atoms with Gasteiger partial charge in [-0.25, -0.2) is 0 Å². The monoisotopic (exact) mass is 1410 g/mol. The van der Waals surface area contributed by atoms with Crippen LogP contribution in [0.25, 0.3) is 0 Å². The summed E-state index contributed by atoms with van der Waals surface area (Å²) in [5, 5.41) is 34.1. The fourth-order valence-electron chi connectivity index (χ4n) is 14.9. The number of ether oxygens (including phenoxy) is 21. The molecular formula is C75H128O24. The maximum absolute atomic E-state index is 11.5. The van der Waals surface area contributed by atoms with Gasteiger partial charge in [0, 0.05) is 114 Å². The predicted molar refractivity (Wildman–Crippen MR) is 371 cm³/mol. The van der Waals surface area contributed by atoms with Crippen LogP contribution in [0.4, 0.5) is 0 Å². The van der Waals surface area contributed by atoms with Crippen molar-refractivity contribution in [1.82, 2.24) is 0 Å². The maximum Gasteiger partial charge on any atom is 0.187 e. The Hall–Kier alpha value is -2.52. The molecule has 3 N–H and O–H groups in total. The molecule has 0 radical (unpaired) electrons. The molecule has 6 heterocycles. The van der Waals surface area contributed by atoms with Crippen molar-refractivity contribution < 1.29 is 115 Å². The first-order chi connectivity index (χ1) is 47.5. The predicted octanol–water partition coefficient (Wildman–Crippen LogP) is 7.70. The fraction of sp³-hybridized carbons (Fsp3) is 0.840. The van der Waals surface area contributed by atoms with Gasteiger partial charge in [-0.1, -0.05) is 117 Å². The molecule has 6 rings (SSSR count). The lowest BCUT2D eigenvalue weighted by Gasteiger charge is -2.46. The molecule has 33 atom stereocenters. The van der Waals surface area contributed by atoms with Gasteiger partial charge in [0.25, 0.3) is 0 Å².